The third-order valence-corrected chi connectivity index (χ3v) is 2.53. The summed E-state index contributed by atoms with van der Waals surface area (Å²) < 4.78 is 22.5. The van der Waals surface area contributed by atoms with E-state index in [-0.39, 0.29) is 0 Å². The molecule has 0 aliphatic carbocycles. The first-order valence-corrected chi connectivity index (χ1v) is 4.53. The highest BCUT2D eigenvalue weighted by Gasteiger charge is 2.18. The minimum absolute atomic E-state index is 0.562. The quantitative estimate of drug-likeness (QED) is 0.587. The van der Waals surface area contributed by atoms with E-state index < -0.39 is 16.1 Å². The van der Waals surface area contributed by atoms with Gasteiger partial charge in [-0.05, 0) is 7.05 Å². The van der Waals surface area contributed by atoms with Crippen LogP contribution in [0.2, 0.25) is 0 Å². The van der Waals surface area contributed by atoms with Gasteiger partial charge in [-0.15, -0.1) is 0 Å². The second kappa shape index (κ2) is 3.57. The molecule has 0 unspecified atom stereocenters. The van der Waals surface area contributed by atoms with Crippen LogP contribution in [0.15, 0.2) is 12.0 Å². The second-order valence-corrected chi connectivity index (χ2v) is 4.07. The second-order valence-electron chi connectivity index (χ2n) is 2.16. The first kappa shape index (κ1) is 11.0. The molecular weight excluding hydrogens is 180 g/mol. The van der Waals surface area contributed by atoms with E-state index in [0.717, 1.165) is 11.9 Å². The average molecular weight is 191 g/mol. The van der Waals surface area contributed by atoms with Gasteiger partial charge in [-0.1, -0.05) is 6.58 Å². The predicted octanol–water partition coefficient (Wildman–Crippen LogP) is 0.235. The lowest BCUT2D eigenvalue weighted by Gasteiger charge is -2.25. The van der Waals surface area contributed by atoms with E-state index in [1.807, 2.05) is 0 Å². The Morgan fingerprint density at radius 2 is 1.92 bits per heavy atom. The molecule has 0 atom stereocenters. The molecule has 0 aliphatic heterocycles. The Morgan fingerprint density at radius 1 is 1.50 bits per heavy atom. The highest BCUT2D eigenvalue weighted by molar-refractivity contribution is 7.92. The molecule has 0 saturated heterocycles. The summed E-state index contributed by atoms with van der Waals surface area (Å²) in [5, 5.41) is 0.703. The molecule has 2 amide bonds. The fourth-order valence-electron chi connectivity index (χ4n) is 0.461. The Balaban J connectivity index is 4.74. The normalized spacial score (nSPS) is 10.6. The van der Waals surface area contributed by atoms with Gasteiger partial charge in [0.25, 0.3) is 10.0 Å². The zero-order valence-electron chi connectivity index (χ0n) is 7.02. The summed E-state index contributed by atoms with van der Waals surface area (Å²) in [6.07, 6.45) is 0. The van der Waals surface area contributed by atoms with E-state index in [2.05, 4.69) is 13.6 Å². The van der Waals surface area contributed by atoms with Crippen molar-refractivity contribution < 1.29 is 13.2 Å². The van der Waals surface area contributed by atoms with Crippen LogP contribution in [0.4, 0.5) is 4.79 Å². The number of hydrogen-bond acceptors (Lipinski definition) is 3. The molecule has 12 heavy (non-hydrogen) atoms. The Bertz CT molecular complexity index is 281. The highest BCUT2D eigenvalue weighted by atomic mass is 32.2. The first-order chi connectivity index (χ1) is 5.33. The summed E-state index contributed by atoms with van der Waals surface area (Å²) in [5.41, 5.74) is 0. The van der Waals surface area contributed by atoms with Crippen molar-refractivity contribution in [3.8, 4) is 0 Å². The van der Waals surface area contributed by atoms with Gasteiger partial charge in [0.1, 0.15) is 0 Å². The Kier molecular flexibility index (Phi) is 3.26. The average Bonchev–Trinajstić information content (AvgIpc) is 2.01. The summed E-state index contributed by atoms with van der Waals surface area (Å²) in [5.74, 6) is 0. The van der Waals surface area contributed by atoms with Crippen LogP contribution in [-0.4, -0.2) is 37.7 Å². The van der Waals surface area contributed by atoms with Gasteiger partial charge in [0.15, 0.2) is 0 Å². The van der Waals surface area contributed by atoms with Crippen molar-refractivity contribution in [2.75, 3.05) is 14.1 Å². The Hall–Kier alpha value is -1.04. The minimum atomic E-state index is -3.68. The number of carbonyl (C=O) groups is 1. The van der Waals surface area contributed by atoms with Gasteiger partial charge in [0, 0.05) is 12.5 Å². The topological polar surface area (TPSA) is 57.7 Å². The molecule has 0 aliphatic rings. The first-order valence-electron chi connectivity index (χ1n) is 3.02. The van der Waals surface area contributed by atoms with Crippen molar-refractivity contribution in [2.45, 2.75) is 0 Å². The maximum Gasteiger partial charge on any atom is 0.303 e. The van der Waals surface area contributed by atoms with Crippen LogP contribution in [0.5, 0.6) is 0 Å². The fourth-order valence-corrected chi connectivity index (χ4v) is 1.04. The van der Waals surface area contributed by atoms with Crippen LogP contribution in [0.3, 0.4) is 0 Å². The molecule has 0 fully saturated rings. The third kappa shape index (κ3) is 2.23. The predicted molar refractivity (Wildman–Crippen MR) is 45.4 cm³/mol. The maximum atomic E-state index is 11.0. The van der Waals surface area contributed by atoms with E-state index in [9.17, 15) is 13.2 Å². The van der Waals surface area contributed by atoms with Gasteiger partial charge in [0.2, 0.25) is 0 Å². The van der Waals surface area contributed by atoms with E-state index >= 15 is 0 Å². The molecule has 70 valence electrons. The number of sulfonamides is 1. The molecule has 0 spiro atoms. The smallest absolute Gasteiger partial charge is 0.303 e. The number of amides is 2. The van der Waals surface area contributed by atoms with Crippen molar-refractivity contribution in [2.24, 2.45) is 0 Å². The summed E-state index contributed by atoms with van der Waals surface area (Å²) in [6, 6.07) is -0.713. The van der Waals surface area contributed by atoms with E-state index in [1.54, 1.807) is 0 Å². The van der Waals surface area contributed by atoms with Crippen molar-refractivity contribution >= 4 is 16.1 Å². The Labute approximate surface area is 72.3 Å². The third-order valence-electron chi connectivity index (χ3n) is 1.19. The molecule has 0 aromatic rings. The van der Waals surface area contributed by atoms with Crippen LogP contribution in [0.1, 0.15) is 0 Å². The summed E-state index contributed by atoms with van der Waals surface area (Å²) in [6.45, 7) is 3.07. The Morgan fingerprint density at radius 3 is 2.17 bits per heavy atom. The molecule has 0 aromatic carbocycles. The molecule has 0 bridgehead atoms. The van der Waals surface area contributed by atoms with Crippen LogP contribution >= 0.6 is 0 Å². The lowest BCUT2D eigenvalue weighted by molar-refractivity contribution is 0.207. The summed E-state index contributed by atoms with van der Waals surface area (Å²) in [4.78, 5) is 11.9. The van der Waals surface area contributed by atoms with Crippen molar-refractivity contribution in [3.63, 3.8) is 0 Å². The molecule has 0 saturated carbocycles. The zero-order valence-corrected chi connectivity index (χ0v) is 7.84. The number of carbonyl (C=O) groups excluding carboxylic acids is 1. The number of hydrogen-bond donors (Lipinski definition) is 0. The maximum absolute atomic E-state index is 11.0. The number of nitrogens with zero attached hydrogens (tertiary/aromatic N) is 2. The van der Waals surface area contributed by atoms with Crippen molar-refractivity contribution in [1.29, 1.82) is 0 Å². The molecule has 0 aromatic heterocycles. The number of urea groups is 1. The largest absolute Gasteiger partial charge is 0.479 e. The zero-order chi connectivity index (χ0) is 9.94. The molecular formula is C6H11N2O3S-. The lowest BCUT2D eigenvalue weighted by atomic mass is 10.8. The lowest BCUT2D eigenvalue weighted by Crippen LogP contribution is -2.38. The molecule has 0 heterocycles. The standard InChI is InChI=1S/C6H11N2O3S/c1-5-12(10,11)8(4)6(9)7(2)3/h5H,1-2H2,3-4H3/q-1. The molecule has 0 radical (unpaired) electrons. The molecule has 5 nitrogen and oxygen atoms in total. The van der Waals surface area contributed by atoms with E-state index in [4.69, 9.17) is 0 Å². The van der Waals surface area contributed by atoms with E-state index in [1.165, 1.54) is 7.05 Å². The molecule has 6 heteroatoms. The van der Waals surface area contributed by atoms with Crippen LogP contribution in [0, 0.1) is 7.05 Å². The summed E-state index contributed by atoms with van der Waals surface area (Å²) >= 11 is 0. The summed E-state index contributed by atoms with van der Waals surface area (Å²) in [7, 11) is 2.07. The van der Waals surface area contributed by atoms with Gasteiger partial charge in [-0.2, -0.15) is 0 Å². The van der Waals surface area contributed by atoms with Crippen LogP contribution in [0.25, 0.3) is 0 Å². The number of rotatable bonds is 2. The van der Waals surface area contributed by atoms with Gasteiger partial charge in [-0.25, -0.2) is 12.7 Å². The van der Waals surface area contributed by atoms with Gasteiger partial charge in [-0.3, -0.25) is 11.8 Å². The molecule has 0 rings (SSSR count). The van der Waals surface area contributed by atoms with Gasteiger partial charge in [0.05, 0.1) is 0 Å². The van der Waals surface area contributed by atoms with Gasteiger partial charge < -0.3 is 4.90 Å². The SMILES string of the molecule is C=CS(=O)(=O)N(C)C(=O)N([CH2-])C. The van der Waals surface area contributed by atoms with E-state index in [0.29, 0.717) is 9.71 Å². The monoisotopic (exact) mass is 191 g/mol. The fraction of sp³-hybridized carbons (Fsp3) is 0.333. The minimum Gasteiger partial charge on any atom is -0.479 e. The van der Waals surface area contributed by atoms with Gasteiger partial charge >= 0.3 is 6.03 Å². The molecule has 0 N–H and O–H groups in total. The van der Waals surface area contributed by atoms with Crippen LogP contribution in [-0.2, 0) is 10.0 Å². The van der Waals surface area contributed by atoms with Crippen LogP contribution < -0.4 is 0 Å². The highest BCUT2D eigenvalue weighted by Crippen LogP contribution is 2.01. The van der Waals surface area contributed by atoms with Crippen molar-refractivity contribution in [3.05, 3.63) is 19.0 Å². The van der Waals surface area contributed by atoms with Crippen molar-refractivity contribution in [1.82, 2.24) is 9.21 Å².